The van der Waals surface area contributed by atoms with E-state index in [0.29, 0.717) is 32.0 Å². The van der Waals surface area contributed by atoms with Crippen LogP contribution in [0.15, 0.2) is 10.4 Å². The fraction of sp³-hybridized carbons (Fsp3) is 0.750. The molecule has 0 aromatic carbocycles. The predicted octanol–water partition coefficient (Wildman–Crippen LogP) is 2.74. The third-order valence-electron chi connectivity index (χ3n) is 3.87. The van der Waals surface area contributed by atoms with E-state index < -0.39 is 12.7 Å². The molecule has 1 unspecified atom stereocenters. The summed E-state index contributed by atoms with van der Waals surface area (Å²) < 4.78 is 37.4. The number of halogens is 3. The molecule has 9 heteroatoms. The zero-order chi connectivity index (χ0) is 18.7. The van der Waals surface area contributed by atoms with Gasteiger partial charge in [0.1, 0.15) is 0 Å². The fourth-order valence-corrected chi connectivity index (χ4v) is 3.55. The van der Waals surface area contributed by atoms with E-state index in [4.69, 9.17) is 0 Å². The van der Waals surface area contributed by atoms with Gasteiger partial charge in [0, 0.05) is 37.0 Å². The van der Waals surface area contributed by atoms with Crippen LogP contribution in [0.3, 0.4) is 0 Å². The number of hydrogen-bond acceptors (Lipinski definition) is 4. The Balaban J connectivity index is 1.81. The van der Waals surface area contributed by atoms with Crippen LogP contribution in [-0.2, 0) is 12.0 Å². The molecular formula is C16H26F3N5S. The third kappa shape index (κ3) is 6.47. The van der Waals surface area contributed by atoms with Gasteiger partial charge in [0.2, 0.25) is 0 Å². The van der Waals surface area contributed by atoms with Crippen LogP contribution in [-0.4, -0.2) is 54.7 Å². The summed E-state index contributed by atoms with van der Waals surface area (Å²) in [6.45, 7) is 6.85. The minimum absolute atomic E-state index is 0.0225. The van der Waals surface area contributed by atoms with Gasteiger partial charge in [-0.2, -0.15) is 13.2 Å². The number of likely N-dealkylation sites (tertiary alicyclic amines) is 1. The third-order valence-corrected chi connectivity index (χ3v) is 5.19. The van der Waals surface area contributed by atoms with Crippen molar-refractivity contribution in [3.63, 3.8) is 0 Å². The van der Waals surface area contributed by atoms with Gasteiger partial charge in [0.05, 0.1) is 23.8 Å². The molecule has 5 nitrogen and oxygen atoms in total. The number of aromatic nitrogens is 1. The largest absolute Gasteiger partial charge is 0.401 e. The van der Waals surface area contributed by atoms with Gasteiger partial charge in [-0.05, 0) is 6.42 Å². The van der Waals surface area contributed by atoms with Gasteiger partial charge in [0.15, 0.2) is 5.96 Å². The maximum absolute atomic E-state index is 12.5. The molecule has 2 rings (SSSR count). The van der Waals surface area contributed by atoms with Crippen molar-refractivity contribution in [2.75, 3.05) is 26.7 Å². The highest BCUT2D eigenvalue weighted by atomic mass is 32.1. The Morgan fingerprint density at radius 3 is 2.68 bits per heavy atom. The molecule has 1 atom stereocenters. The summed E-state index contributed by atoms with van der Waals surface area (Å²) in [5.74, 6) is 0.587. The first-order chi connectivity index (χ1) is 11.6. The fourth-order valence-electron chi connectivity index (χ4n) is 2.64. The van der Waals surface area contributed by atoms with Crippen LogP contribution >= 0.6 is 11.3 Å². The number of alkyl halides is 3. The lowest BCUT2D eigenvalue weighted by Crippen LogP contribution is -2.45. The van der Waals surface area contributed by atoms with E-state index in [1.807, 2.05) is 5.38 Å². The van der Waals surface area contributed by atoms with E-state index >= 15 is 0 Å². The first-order valence-corrected chi connectivity index (χ1v) is 9.16. The maximum atomic E-state index is 12.5. The molecule has 0 aliphatic carbocycles. The van der Waals surface area contributed by atoms with Crippen molar-refractivity contribution in [1.29, 1.82) is 0 Å². The molecule has 0 amide bonds. The van der Waals surface area contributed by atoms with E-state index in [1.54, 1.807) is 18.4 Å². The Morgan fingerprint density at radius 2 is 2.12 bits per heavy atom. The van der Waals surface area contributed by atoms with Gasteiger partial charge >= 0.3 is 6.18 Å². The Morgan fingerprint density at radius 1 is 1.40 bits per heavy atom. The van der Waals surface area contributed by atoms with E-state index in [0.717, 1.165) is 10.7 Å². The Labute approximate surface area is 150 Å². The van der Waals surface area contributed by atoms with Gasteiger partial charge in [-0.1, -0.05) is 20.8 Å². The highest BCUT2D eigenvalue weighted by Crippen LogP contribution is 2.25. The number of aliphatic imine (C=N–C) groups is 1. The van der Waals surface area contributed by atoms with Crippen LogP contribution in [0.4, 0.5) is 13.2 Å². The first-order valence-electron chi connectivity index (χ1n) is 8.28. The molecule has 0 bridgehead atoms. The normalized spacial score (nSPS) is 20.1. The molecule has 1 aromatic rings. The number of hydrogen-bond donors (Lipinski definition) is 2. The second-order valence-electron chi connectivity index (χ2n) is 7.30. The van der Waals surface area contributed by atoms with Crippen LogP contribution in [0, 0.1) is 0 Å². The van der Waals surface area contributed by atoms with E-state index in [1.165, 1.54) is 4.90 Å². The smallest absolute Gasteiger partial charge is 0.352 e. The van der Waals surface area contributed by atoms with E-state index in [-0.39, 0.29) is 11.5 Å². The lowest BCUT2D eigenvalue weighted by atomic mass is 9.98. The Kier molecular flexibility index (Phi) is 6.31. The quantitative estimate of drug-likeness (QED) is 0.626. The summed E-state index contributed by atoms with van der Waals surface area (Å²) >= 11 is 1.63. The summed E-state index contributed by atoms with van der Waals surface area (Å²) in [5.41, 5.74) is 0.956. The van der Waals surface area contributed by atoms with Crippen molar-refractivity contribution in [3.8, 4) is 0 Å². The highest BCUT2D eigenvalue weighted by molar-refractivity contribution is 7.09. The molecule has 1 saturated heterocycles. The standard InChI is InChI=1S/C16H26F3N5S/c1-15(2,3)13-22-12(9-25-13)7-21-14(20-4)23-11-5-6-24(8-11)10-16(17,18)19/h9,11H,5-8,10H2,1-4H3,(H2,20,21,23). The predicted molar refractivity (Wildman–Crippen MR) is 95.0 cm³/mol. The molecule has 1 aliphatic rings. The summed E-state index contributed by atoms with van der Waals surface area (Å²) in [6.07, 6.45) is -3.48. The zero-order valence-corrected chi connectivity index (χ0v) is 15.9. The number of nitrogens with zero attached hydrogens (tertiary/aromatic N) is 3. The minimum Gasteiger partial charge on any atom is -0.352 e. The minimum atomic E-state index is -4.15. The molecule has 0 spiro atoms. The molecule has 2 heterocycles. The van der Waals surface area contributed by atoms with Gasteiger partial charge in [-0.3, -0.25) is 9.89 Å². The molecule has 1 aromatic heterocycles. The topological polar surface area (TPSA) is 52.6 Å². The van der Waals surface area contributed by atoms with Gasteiger partial charge in [-0.15, -0.1) is 11.3 Å². The average Bonchev–Trinajstić information content (AvgIpc) is 3.10. The van der Waals surface area contributed by atoms with Crippen molar-refractivity contribution in [2.24, 2.45) is 4.99 Å². The van der Waals surface area contributed by atoms with Crippen molar-refractivity contribution >= 4 is 17.3 Å². The summed E-state index contributed by atoms with van der Waals surface area (Å²) in [5, 5.41) is 9.47. The molecular weight excluding hydrogens is 351 g/mol. The van der Waals surface area contributed by atoms with Gasteiger partial charge in [-0.25, -0.2) is 4.98 Å². The lowest BCUT2D eigenvalue weighted by molar-refractivity contribution is -0.143. The maximum Gasteiger partial charge on any atom is 0.401 e. The first kappa shape index (κ1) is 20.0. The van der Waals surface area contributed by atoms with E-state index in [2.05, 4.69) is 41.4 Å². The van der Waals surface area contributed by atoms with Crippen molar-refractivity contribution < 1.29 is 13.2 Å². The van der Waals surface area contributed by atoms with Crippen molar-refractivity contribution in [2.45, 2.75) is 51.4 Å². The summed E-state index contributed by atoms with van der Waals surface area (Å²) in [4.78, 5) is 10.2. The van der Waals surface area contributed by atoms with Crippen LogP contribution < -0.4 is 10.6 Å². The molecule has 1 fully saturated rings. The molecule has 142 valence electrons. The van der Waals surface area contributed by atoms with Gasteiger partial charge < -0.3 is 10.6 Å². The molecule has 2 N–H and O–H groups in total. The molecule has 1 aliphatic heterocycles. The lowest BCUT2D eigenvalue weighted by Gasteiger charge is -2.19. The Hall–Kier alpha value is -1.35. The number of nitrogens with one attached hydrogen (secondary N) is 2. The highest BCUT2D eigenvalue weighted by Gasteiger charge is 2.34. The van der Waals surface area contributed by atoms with Crippen LogP contribution in [0.1, 0.15) is 37.9 Å². The average molecular weight is 377 g/mol. The van der Waals surface area contributed by atoms with Crippen LogP contribution in [0.25, 0.3) is 0 Å². The Bertz CT molecular complexity index is 591. The number of thiazole rings is 1. The summed E-state index contributed by atoms with van der Waals surface area (Å²) in [6, 6.07) is -0.0332. The van der Waals surface area contributed by atoms with E-state index in [9.17, 15) is 13.2 Å². The summed E-state index contributed by atoms with van der Waals surface area (Å²) in [7, 11) is 1.65. The molecule has 25 heavy (non-hydrogen) atoms. The van der Waals surface area contributed by atoms with Gasteiger partial charge in [0.25, 0.3) is 0 Å². The van der Waals surface area contributed by atoms with Crippen molar-refractivity contribution in [1.82, 2.24) is 20.5 Å². The molecule has 0 radical (unpaired) electrons. The number of rotatable bonds is 4. The second-order valence-corrected chi connectivity index (χ2v) is 8.16. The monoisotopic (exact) mass is 377 g/mol. The molecule has 0 saturated carbocycles. The SMILES string of the molecule is CN=C(NCc1csc(C(C)(C)C)n1)NC1CCN(CC(F)(F)F)C1. The zero-order valence-electron chi connectivity index (χ0n) is 15.1. The number of guanidine groups is 1. The van der Waals surface area contributed by atoms with Crippen LogP contribution in [0.5, 0.6) is 0 Å². The van der Waals surface area contributed by atoms with Crippen LogP contribution in [0.2, 0.25) is 0 Å². The van der Waals surface area contributed by atoms with Crippen molar-refractivity contribution in [3.05, 3.63) is 16.1 Å². The second kappa shape index (κ2) is 7.90.